The minimum Gasteiger partial charge on any atom is -0.475 e. The molecule has 0 aliphatic rings. The van der Waals surface area contributed by atoms with Crippen LogP contribution in [0.4, 0.5) is 5.82 Å². The van der Waals surface area contributed by atoms with Gasteiger partial charge < -0.3 is 15.2 Å². The first-order valence-corrected chi connectivity index (χ1v) is 11.7. The first-order valence-electron chi connectivity index (χ1n) is 10.2. The molecule has 0 spiro atoms. The highest BCUT2D eigenvalue weighted by molar-refractivity contribution is 7.90. The highest BCUT2D eigenvalue weighted by Crippen LogP contribution is 2.32. The topological polar surface area (TPSA) is 134 Å². The molecule has 1 aromatic carbocycles. The number of nitrogens with zero attached hydrogens (tertiary/aromatic N) is 2. The van der Waals surface area contributed by atoms with Crippen molar-refractivity contribution in [2.75, 3.05) is 5.73 Å². The van der Waals surface area contributed by atoms with Crippen LogP contribution in [0.2, 0.25) is 0 Å². The lowest BCUT2D eigenvalue weighted by atomic mass is 10.1. The second kappa shape index (κ2) is 9.45. The summed E-state index contributed by atoms with van der Waals surface area (Å²) in [5.74, 6) is -0.253. The molecule has 0 aliphatic heterocycles. The van der Waals surface area contributed by atoms with Crippen molar-refractivity contribution in [1.29, 1.82) is 0 Å². The number of aromatic nitrogens is 2. The van der Waals surface area contributed by atoms with E-state index in [9.17, 15) is 13.2 Å². The lowest BCUT2D eigenvalue weighted by molar-refractivity contribution is 0.0978. The summed E-state index contributed by atoms with van der Waals surface area (Å²) in [7, 11) is -4.28. The second-order valence-corrected chi connectivity index (χ2v) is 9.46. The van der Waals surface area contributed by atoms with Crippen LogP contribution in [0.5, 0.6) is 17.5 Å². The summed E-state index contributed by atoms with van der Waals surface area (Å²) in [5, 5.41) is -0.378. The van der Waals surface area contributed by atoms with Gasteiger partial charge in [-0.25, -0.2) is 9.71 Å². The van der Waals surface area contributed by atoms with Crippen LogP contribution in [0, 0.1) is 20.8 Å². The molecule has 0 fully saturated rings. The summed E-state index contributed by atoms with van der Waals surface area (Å²) in [6.07, 6.45) is -0.164. The molecule has 174 valence electrons. The molecule has 0 bridgehead atoms. The van der Waals surface area contributed by atoms with Crippen molar-refractivity contribution in [2.24, 2.45) is 0 Å². The molecule has 1 amide bonds. The number of benzene rings is 1. The van der Waals surface area contributed by atoms with E-state index in [0.29, 0.717) is 5.75 Å². The largest absolute Gasteiger partial charge is 0.475 e. The molecule has 3 N–H and O–H groups in total. The van der Waals surface area contributed by atoms with E-state index in [1.165, 1.54) is 30.3 Å². The third kappa shape index (κ3) is 5.78. The Morgan fingerprint density at radius 2 is 1.70 bits per heavy atom. The SMILES string of the molecule is Cc1cc(C)c(Oc2nc(OC(C)C)ccc2C(=O)NS(=O)(=O)c2cccc(N)n2)c(C)c1. The fourth-order valence-electron chi connectivity index (χ4n) is 3.22. The molecule has 10 heteroatoms. The van der Waals surface area contributed by atoms with Crippen molar-refractivity contribution < 1.29 is 22.7 Å². The summed E-state index contributed by atoms with van der Waals surface area (Å²) in [6.45, 7) is 9.39. The molecule has 9 nitrogen and oxygen atoms in total. The average Bonchev–Trinajstić information content (AvgIpc) is 2.70. The fourth-order valence-corrected chi connectivity index (χ4v) is 4.16. The lowest BCUT2D eigenvalue weighted by Crippen LogP contribution is -2.31. The first kappa shape index (κ1) is 24.0. The van der Waals surface area contributed by atoms with Gasteiger partial charge in [0.1, 0.15) is 17.1 Å². The van der Waals surface area contributed by atoms with Gasteiger partial charge in [0.2, 0.25) is 11.8 Å². The van der Waals surface area contributed by atoms with E-state index in [4.69, 9.17) is 15.2 Å². The maximum atomic E-state index is 13.0. The maximum absolute atomic E-state index is 13.0. The van der Waals surface area contributed by atoms with E-state index in [2.05, 4.69) is 9.97 Å². The van der Waals surface area contributed by atoms with Crippen LogP contribution in [0.25, 0.3) is 0 Å². The molecule has 0 unspecified atom stereocenters. The van der Waals surface area contributed by atoms with Crippen LogP contribution in [0.3, 0.4) is 0 Å². The Kier molecular flexibility index (Phi) is 6.87. The normalized spacial score (nSPS) is 11.3. The minimum absolute atomic E-state index is 0.0107. The quantitative estimate of drug-likeness (QED) is 0.534. The molecule has 3 aromatic rings. The van der Waals surface area contributed by atoms with E-state index in [1.54, 1.807) is 0 Å². The molecule has 0 saturated carbocycles. The highest BCUT2D eigenvalue weighted by atomic mass is 32.2. The van der Waals surface area contributed by atoms with Gasteiger partial charge >= 0.3 is 0 Å². The maximum Gasteiger partial charge on any atom is 0.281 e. The van der Waals surface area contributed by atoms with E-state index in [1.807, 2.05) is 51.5 Å². The number of sulfonamides is 1. The number of nitrogens with two attached hydrogens (primary N) is 1. The van der Waals surface area contributed by atoms with Crippen LogP contribution >= 0.6 is 0 Å². The van der Waals surface area contributed by atoms with Crippen molar-refractivity contribution in [3.63, 3.8) is 0 Å². The number of pyridine rings is 2. The average molecular weight is 471 g/mol. The number of nitrogens with one attached hydrogen (secondary N) is 1. The molecule has 0 radical (unpaired) electrons. The predicted molar refractivity (Wildman–Crippen MR) is 124 cm³/mol. The number of nitrogen functional groups attached to an aromatic ring is 1. The number of carbonyl (C=O) groups is 1. The van der Waals surface area contributed by atoms with Gasteiger partial charge in [-0.3, -0.25) is 4.79 Å². The summed E-state index contributed by atoms with van der Waals surface area (Å²) in [5.41, 5.74) is 8.22. The van der Waals surface area contributed by atoms with E-state index < -0.39 is 15.9 Å². The molecule has 33 heavy (non-hydrogen) atoms. The van der Waals surface area contributed by atoms with Gasteiger partial charge in [0, 0.05) is 6.07 Å². The lowest BCUT2D eigenvalue weighted by Gasteiger charge is -2.16. The minimum atomic E-state index is -4.28. The third-order valence-corrected chi connectivity index (χ3v) is 5.72. The summed E-state index contributed by atoms with van der Waals surface area (Å²) in [4.78, 5) is 21.1. The van der Waals surface area contributed by atoms with Gasteiger partial charge in [0.05, 0.1) is 6.10 Å². The Hall–Kier alpha value is -3.66. The molecule has 0 aliphatic carbocycles. The highest BCUT2D eigenvalue weighted by Gasteiger charge is 2.25. The molecule has 0 saturated heterocycles. The molecular formula is C23H26N4O5S. The van der Waals surface area contributed by atoms with Gasteiger partial charge in [-0.15, -0.1) is 0 Å². The van der Waals surface area contributed by atoms with E-state index in [-0.39, 0.29) is 34.3 Å². The van der Waals surface area contributed by atoms with Crippen LogP contribution < -0.4 is 19.9 Å². The molecule has 0 atom stereocenters. The van der Waals surface area contributed by atoms with Crippen molar-refractivity contribution >= 4 is 21.7 Å². The number of hydrogen-bond donors (Lipinski definition) is 2. The Labute approximate surface area is 193 Å². The Balaban J connectivity index is 2.01. The van der Waals surface area contributed by atoms with E-state index >= 15 is 0 Å². The van der Waals surface area contributed by atoms with Crippen LogP contribution in [-0.2, 0) is 10.0 Å². The van der Waals surface area contributed by atoms with Gasteiger partial charge in [-0.2, -0.15) is 13.4 Å². The van der Waals surface area contributed by atoms with Crippen LogP contribution in [0.15, 0.2) is 47.5 Å². The summed E-state index contributed by atoms with van der Waals surface area (Å²) >= 11 is 0. The van der Waals surface area contributed by atoms with Gasteiger partial charge in [-0.05, 0) is 63.9 Å². The van der Waals surface area contributed by atoms with E-state index in [0.717, 1.165) is 16.7 Å². The van der Waals surface area contributed by atoms with Crippen LogP contribution in [-0.4, -0.2) is 30.4 Å². The summed E-state index contributed by atoms with van der Waals surface area (Å²) < 4.78 is 39.0. The fraction of sp³-hybridized carbons (Fsp3) is 0.261. The van der Waals surface area contributed by atoms with Crippen molar-refractivity contribution in [3.05, 3.63) is 64.7 Å². The first-order chi connectivity index (χ1) is 15.5. The van der Waals surface area contributed by atoms with Gasteiger partial charge in [0.15, 0.2) is 5.03 Å². The Bertz CT molecular complexity index is 1280. The third-order valence-electron chi connectivity index (χ3n) is 4.49. The van der Waals surface area contributed by atoms with Gasteiger partial charge in [-0.1, -0.05) is 23.8 Å². The van der Waals surface area contributed by atoms with Crippen molar-refractivity contribution in [3.8, 4) is 17.5 Å². The number of anilines is 1. The summed E-state index contributed by atoms with van der Waals surface area (Å²) in [6, 6.07) is 10.9. The second-order valence-electron chi connectivity index (χ2n) is 7.83. The molecule has 3 rings (SSSR count). The van der Waals surface area contributed by atoms with Crippen molar-refractivity contribution in [1.82, 2.24) is 14.7 Å². The Morgan fingerprint density at radius 3 is 2.30 bits per heavy atom. The molecule has 2 aromatic heterocycles. The zero-order valence-corrected chi connectivity index (χ0v) is 19.9. The van der Waals surface area contributed by atoms with Crippen LogP contribution in [0.1, 0.15) is 40.9 Å². The number of aryl methyl sites for hydroxylation is 3. The smallest absolute Gasteiger partial charge is 0.281 e. The monoisotopic (exact) mass is 470 g/mol. The number of carbonyl (C=O) groups excluding carboxylic acids is 1. The predicted octanol–water partition coefficient (Wildman–Crippen LogP) is 3.68. The number of hydrogen-bond acceptors (Lipinski definition) is 8. The number of ether oxygens (including phenoxy) is 2. The van der Waals surface area contributed by atoms with Gasteiger partial charge in [0.25, 0.3) is 15.9 Å². The zero-order valence-electron chi connectivity index (χ0n) is 19.0. The molecular weight excluding hydrogens is 444 g/mol. The van der Waals surface area contributed by atoms with Crippen molar-refractivity contribution in [2.45, 2.75) is 45.7 Å². The standard InChI is InChI=1S/C23H26N4O5S/c1-13(2)31-19-10-9-17(22(28)27-33(29,30)20-8-6-7-18(24)25-20)23(26-19)32-21-15(4)11-14(3)12-16(21)5/h6-13H,1-5H3,(H2,24,25)(H,27,28). The molecule has 2 heterocycles. The number of rotatable bonds is 7. The zero-order chi connectivity index (χ0) is 24.3. The Morgan fingerprint density at radius 1 is 1.03 bits per heavy atom. The number of amides is 1.